The molecule has 3 nitrogen and oxygen atoms in total. The first-order valence-corrected chi connectivity index (χ1v) is 9.76. The molecule has 1 N–H and O–H groups in total. The van der Waals surface area contributed by atoms with E-state index in [-0.39, 0.29) is 0 Å². The molecule has 1 atom stereocenters. The van der Waals surface area contributed by atoms with Crippen LogP contribution in [0.2, 0.25) is 0 Å². The van der Waals surface area contributed by atoms with Crippen molar-refractivity contribution in [2.75, 3.05) is 36.0 Å². The van der Waals surface area contributed by atoms with Gasteiger partial charge in [0.25, 0.3) is 0 Å². The van der Waals surface area contributed by atoms with Crippen molar-refractivity contribution in [1.82, 2.24) is 10.3 Å². The van der Waals surface area contributed by atoms with Gasteiger partial charge in [0.05, 0.1) is 5.69 Å². The average molecular weight is 314 g/mol. The maximum absolute atomic E-state index is 4.98. The van der Waals surface area contributed by atoms with Gasteiger partial charge in [0, 0.05) is 36.0 Å². The molecule has 1 aliphatic rings. The number of thioether (sulfide) groups is 1. The van der Waals surface area contributed by atoms with Crippen LogP contribution in [0.25, 0.3) is 0 Å². The SMILES string of the molecule is CCCNCc1sc(N2CCSCC2)nc1C(C)CC. The molecule has 0 aliphatic carbocycles. The number of hydrogen-bond donors (Lipinski definition) is 1. The minimum absolute atomic E-state index is 0.567. The fraction of sp³-hybridized carbons (Fsp3) is 0.800. The molecule has 20 heavy (non-hydrogen) atoms. The summed E-state index contributed by atoms with van der Waals surface area (Å²) in [4.78, 5) is 8.89. The molecule has 1 aromatic heterocycles. The number of rotatable bonds is 7. The summed E-state index contributed by atoms with van der Waals surface area (Å²) in [5, 5.41) is 4.78. The van der Waals surface area contributed by atoms with E-state index in [2.05, 4.69) is 42.7 Å². The standard InChI is InChI=1S/C15H27N3S2/c1-4-6-16-11-13-14(12(3)5-2)17-15(20-13)18-7-9-19-10-8-18/h12,16H,4-11H2,1-3H3. The Hall–Kier alpha value is -0.260. The van der Waals surface area contributed by atoms with Crippen molar-refractivity contribution in [3.63, 3.8) is 0 Å². The van der Waals surface area contributed by atoms with Gasteiger partial charge in [0.15, 0.2) is 5.13 Å². The van der Waals surface area contributed by atoms with Gasteiger partial charge in [-0.3, -0.25) is 0 Å². The highest BCUT2D eigenvalue weighted by atomic mass is 32.2. The number of anilines is 1. The molecule has 1 aliphatic heterocycles. The van der Waals surface area contributed by atoms with E-state index in [1.807, 2.05) is 11.3 Å². The van der Waals surface area contributed by atoms with Gasteiger partial charge >= 0.3 is 0 Å². The second kappa shape index (κ2) is 8.25. The molecule has 1 aromatic rings. The molecule has 1 saturated heterocycles. The van der Waals surface area contributed by atoms with Gasteiger partial charge in [0.1, 0.15) is 0 Å². The molecule has 0 bridgehead atoms. The minimum atomic E-state index is 0.567. The lowest BCUT2D eigenvalue weighted by molar-refractivity contribution is 0.655. The highest BCUT2D eigenvalue weighted by Crippen LogP contribution is 2.33. The van der Waals surface area contributed by atoms with Gasteiger partial charge in [-0.15, -0.1) is 11.3 Å². The number of aromatic nitrogens is 1. The zero-order valence-electron chi connectivity index (χ0n) is 12.9. The van der Waals surface area contributed by atoms with Crippen LogP contribution >= 0.6 is 23.1 Å². The molecule has 2 rings (SSSR count). The molecule has 1 unspecified atom stereocenters. The lowest BCUT2D eigenvalue weighted by Gasteiger charge is -2.25. The van der Waals surface area contributed by atoms with Crippen LogP contribution in [0.3, 0.4) is 0 Å². The highest BCUT2D eigenvalue weighted by molar-refractivity contribution is 7.99. The van der Waals surface area contributed by atoms with Crippen molar-refractivity contribution < 1.29 is 0 Å². The third kappa shape index (κ3) is 4.12. The third-order valence-corrected chi connectivity index (χ3v) is 5.86. The molecule has 0 aromatic carbocycles. The second-order valence-electron chi connectivity index (χ2n) is 5.39. The maximum Gasteiger partial charge on any atom is 0.185 e. The van der Waals surface area contributed by atoms with Crippen LogP contribution in [0.5, 0.6) is 0 Å². The second-order valence-corrected chi connectivity index (χ2v) is 7.68. The van der Waals surface area contributed by atoms with Crippen LogP contribution in [0, 0.1) is 0 Å². The van der Waals surface area contributed by atoms with Crippen molar-refractivity contribution in [2.24, 2.45) is 0 Å². The Morgan fingerprint density at radius 1 is 1.30 bits per heavy atom. The summed E-state index contributed by atoms with van der Waals surface area (Å²) in [6, 6.07) is 0. The topological polar surface area (TPSA) is 28.2 Å². The first kappa shape index (κ1) is 16.1. The van der Waals surface area contributed by atoms with Gasteiger partial charge < -0.3 is 10.2 Å². The molecular weight excluding hydrogens is 286 g/mol. The Morgan fingerprint density at radius 2 is 2.05 bits per heavy atom. The molecule has 1 fully saturated rings. The maximum atomic E-state index is 4.98. The van der Waals surface area contributed by atoms with E-state index < -0.39 is 0 Å². The van der Waals surface area contributed by atoms with Crippen LogP contribution < -0.4 is 10.2 Å². The zero-order valence-corrected chi connectivity index (χ0v) is 14.6. The lowest BCUT2D eigenvalue weighted by atomic mass is 10.0. The Balaban J connectivity index is 2.12. The summed E-state index contributed by atoms with van der Waals surface area (Å²) in [6.07, 6.45) is 2.35. The van der Waals surface area contributed by atoms with E-state index in [1.165, 1.54) is 40.0 Å². The smallest absolute Gasteiger partial charge is 0.185 e. The van der Waals surface area contributed by atoms with E-state index >= 15 is 0 Å². The number of nitrogens with one attached hydrogen (secondary N) is 1. The fourth-order valence-electron chi connectivity index (χ4n) is 2.32. The van der Waals surface area contributed by atoms with Gasteiger partial charge in [-0.1, -0.05) is 20.8 Å². The van der Waals surface area contributed by atoms with Gasteiger partial charge in [-0.2, -0.15) is 11.8 Å². The molecular formula is C15H27N3S2. The summed E-state index contributed by atoms with van der Waals surface area (Å²) in [7, 11) is 0. The first-order chi connectivity index (χ1) is 9.76. The Kier molecular flexibility index (Phi) is 6.65. The molecule has 2 heterocycles. The zero-order chi connectivity index (χ0) is 14.4. The minimum Gasteiger partial charge on any atom is -0.346 e. The van der Waals surface area contributed by atoms with Crippen LogP contribution in [0.1, 0.15) is 50.1 Å². The van der Waals surface area contributed by atoms with E-state index in [1.54, 1.807) is 0 Å². The summed E-state index contributed by atoms with van der Waals surface area (Å²) in [5.41, 5.74) is 1.33. The van der Waals surface area contributed by atoms with E-state index in [0.717, 1.165) is 26.2 Å². The predicted molar refractivity (Wildman–Crippen MR) is 92.4 cm³/mol. The summed E-state index contributed by atoms with van der Waals surface area (Å²) in [6.45, 7) is 11.1. The largest absolute Gasteiger partial charge is 0.346 e. The Bertz CT molecular complexity index is 400. The van der Waals surface area contributed by atoms with Gasteiger partial charge in [-0.05, 0) is 25.3 Å². The number of hydrogen-bond acceptors (Lipinski definition) is 5. The molecule has 5 heteroatoms. The fourth-order valence-corrected chi connectivity index (χ4v) is 4.43. The first-order valence-electron chi connectivity index (χ1n) is 7.79. The van der Waals surface area contributed by atoms with E-state index in [4.69, 9.17) is 4.98 Å². The average Bonchev–Trinajstić information content (AvgIpc) is 2.92. The van der Waals surface area contributed by atoms with E-state index in [9.17, 15) is 0 Å². The molecule has 0 radical (unpaired) electrons. The van der Waals surface area contributed by atoms with Crippen molar-refractivity contribution in [1.29, 1.82) is 0 Å². The third-order valence-electron chi connectivity index (χ3n) is 3.79. The summed E-state index contributed by atoms with van der Waals surface area (Å²) in [5.74, 6) is 3.04. The quantitative estimate of drug-likeness (QED) is 0.777. The van der Waals surface area contributed by atoms with Gasteiger partial charge in [0.2, 0.25) is 0 Å². The number of nitrogens with zero attached hydrogens (tertiary/aromatic N) is 2. The van der Waals surface area contributed by atoms with Crippen LogP contribution in [0.4, 0.5) is 5.13 Å². The van der Waals surface area contributed by atoms with Crippen molar-refractivity contribution in [3.8, 4) is 0 Å². The monoisotopic (exact) mass is 313 g/mol. The Labute approximate surface area is 131 Å². The van der Waals surface area contributed by atoms with E-state index in [0.29, 0.717) is 5.92 Å². The molecule has 114 valence electrons. The van der Waals surface area contributed by atoms with Crippen LogP contribution in [0.15, 0.2) is 0 Å². The van der Waals surface area contributed by atoms with Crippen molar-refractivity contribution in [3.05, 3.63) is 10.6 Å². The van der Waals surface area contributed by atoms with Gasteiger partial charge in [-0.25, -0.2) is 4.98 Å². The highest BCUT2D eigenvalue weighted by Gasteiger charge is 2.20. The van der Waals surface area contributed by atoms with Crippen LogP contribution in [-0.2, 0) is 6.54 Å². The van der Waals surface area contributed by atoms with Crippen LogP contribution in [-0.4, -0.2) is 36.1 Å². The summed E-state index contributed by atoms with van der Waals surface area (Å²) >= 11 is 3.96. The normalized spacial score (nSPS) is 17.4. The molecule has 0 spiro atoms. The van der Waals surface area contributed by atoms with Crippen molar-refractivity contribution >= 4 is 28.2 Å². The molecule has 0 amide bonds. The predicted octanol–water partition coefficient (Wildman–Crippen LogP) is 3.71. The lowest BCUT2D eigenvalue weighted by Crippen LogP contribution is -2.32. The summed E-state index contributed by atoms with van der Waals surface area (Å²) < 4.78 is 0. The number of thiazole rings is 1. The van der Waals surface area contributed by atoms with Crippen molar-refractivity contribution in [2.45, 2.75) is 46.1 Å². The molecule has 0 saturated carbocycles. The Morgan fingerprint density at radius 3 is 2.70 bits per heavy atom.